The minimum Gasteiger partial charge on any atom is -0.358 e. The summed E-state index contributed by atoms with van der Waals surface area (Å²) in [5, 5.41) is 12.9. The van der Waals surface area contributed by atoms with Crippen LogP contribution in [0.2, 0.25) is 5.02 Å². The van der Waals surface area contributed by atoms with Crippen LogP contribution in [0, 0.1) is 17.9 Å². The molecular formula is C11H8ClN3S. The van der Waals surface area contributed by atoms with Crippen molar-refractivity contribution in [3.8, 4) is 6.07 Å². The Morgan fingerprint density at radius 2 is 2.38 bits per heavy atom. The zero-order valence-electron chi connectivity index (χ0n) is 8.49. The quantitative estimate of drug-likeness (QED) is 0.656. The van der Waals surface area contributed by atoms with E-state index in [0.29, 0.717) is 10.1 Å². The average molecular weight is 250 g/mol. The molecule has 0 atom stereocenters. The van der Waals surface area contributed by atoms with Crippen LogP contribution >= 0.6 is 23.4 Å². The maximum Gasteiger partial charge on any atom is 0.290 e. The van der Waals surface area contributed by atoms with E-state index in [1.54, 1.807) is 24.5 Å². The maximum atomic E-state index is 8.76. The van der Waals surface area contributed by atoms with Gasteiger partial charge in [-0.05, 0) is 24.5 Å². The number of rotatable bonds is 3. The molecule has 0 fully saturated rings. The van der Waals surface area contributed by atoms with Gasteiger partial charge < -0.3 is 5.32 Å². The molecule has 0 saturated heterocycles. The highest BCUT2D eigenvalue weighted by molar-refractivity contribution is 8.02. The lowest BCUT2D eigenvalue weighted by Gasteiger charge is -2.08. The highest BCUT2D eigenvalue weighted by Gasteiger charge is 2.05. The predicted octanol–water partition coefficient (Wildman–Crippen LogP) is 3.73. The first-order valence-corrected chi connectivity index (χ1v) is 5.90. The van der Waals surface area contributed by atoms with Gasteiger partial charge in [0.05, 0.1) is 17.7 Å². The summed E-state index contributed by atoms with van der Waals surface area (Å²) in [6, 6.07) is 8.96. The number of nitrogens with zero attached hydrogens (tertiary/aromatic N) is 2. The van der Waals surface area contributed by atoms with Crippen molar-refractivity contribution in [3.63, 3.8) is 0 Å². The Morgan fingerprint density at radius 3 is 2.88 bits per heavy atom. The number of nitriles is 1. The fourth-order valence-electron chi connectivity index (χ4n) is 1.03. The summed E-state index contributed by atoms with van der Waals surface area (Å²) in [6.07, 6.45) is 1.80. The number of halogens is 1. The van der Waals surface area contributed by atoms with E-state index in [-0.39, 0.29) is 5.70 Å². The number of nitrogens with one attached hydrogen (secondary N) is 1. The van der Waals surface area contributed by atoms with Gasteiger partial charge in [-0.3, -0.25) is 0 Å². The van der Waals surface area contributed by atoms with Gasteiger partial charge in [0.15, 0.2) is 0 Å². The summed E-state index contributed by atoms with van der Waals surface area (Å²) < 4.78 is 0. The molecule has 0 aliphatic carbocycles. The largest absolute Gasteiger partial charge is 0.358 e. The molecule has 0 unspecified atom stereocenters. The molecule has 5 heteroatoms. The lowest BCUT2D eigenvalue weighted by Crippen LogP contribution is -1.97. The lowest BCUT2D eigenvalue weighted by atomic mass is 10.3. The Bertz CT molecular complexity index is 481. The van der Waals surface area contributed by atoms with Crippen LogP contribution in [0.25, 0.3) is 4.85 Å². The van der Waals surface area contributed by atoms with Gasteiger partial charge in [-0.25, -0.2) is 10.1 Å². The van der Waals surface area contributed by atoms with Crippen molar-refractivity contribution < 1.29 is 0 Å². The van der Waals surface area contributed by atoms with Crippen molar-refractivity contribution in [2.24, 2.45) is 0 Å². The predicted molar refractivity (Wildman–Crippen MR) is 67.8 cm³/mol. The molecule has 0 bridgehead atoms. The van der Waals surface area contributed by atoms with E-state index >= 15 is 0 Å². The monoisotopic (exact) mass is 249 g/mol. The molecule has 3 nitrogen and oxygen atoms in total. The first kappa shape index (κ1) is 12.4. The molecule has 16 heavy (non-hydrogen) atoms. The molecule has 0 saturated carbocycles. The van der Waals surface area contributed by atoms with Gasteiger partial charge >= 0.3 is 0 Å². The van der Waals surface area contributed by atoms with Gasteiger partial charge in [-0.15, -0.1) is 11.8 Å². The number of thioether (sulfide) groups is 1. The molecule has 1 aromatic carbocycles. The lowest BCUT2D eigenvalue weighted by molar-refractivity contribution is 1.46. The molecule has 1 aromatic rings. The van der Waals surface area contributed by atoms with Crippen LogP contribution in [0.4, 0.5) is 5.69 Å². The smallest absolute Gasteiger partial charge is 0.290 e. The molecule has 0 aliphatic heterocycles. The Kier molecular flexibility index (Phi) is 4.72. The number of benzene rings is 1. The summed E-state index contributed by atoms with van der Waals surface area (Å²) in [4.78, 5) is 3.15. The van der Waals surface area contributed by atoms with Crippen LogP contribution in [-0.4, -0.2) is 6.26 Å². The molecule has 0 amide bonds. The number of anilines is 1. The molecule has 80 valence electrons. The summed E-state index contributed by atoms with van der Waals surface area (Å²) in [7, 11) is 0. The molecule has 0 radical (unpaired) electrons. The van der Waals surface area contributed by atoms with Crippen LogP contribution in [0.1, 0.15) is 0 Å². The second kappa shape index (κ2) is 6.07. The Balaban J connectivity index is 3.01. The van der Waals surface area contributed by atoms with Crippen molar-refractivity contribution in [2.75, 3.05) is 11.6 Å². The SMILES string of the molecule is [C-]#[N+]/C(C#N)=C(\Nc1cccc(Cl)c1)SC. The molecule has 0 spiro atoms. The molecule has 0 heterocycles. The summed E-state index contributed by atoms with van der Waals surface area (Å²) >= 11 is 7.15. The molecular weight excluding hydrogens is 242 g/mol. The van der Waals surface area contributed by atoms with Crippen LogP contribution < -0.4 is 5.32 Å². The van der Waals surface area contributed by atoms with Gasteiger partial charge in [0.2, 0.25) is 0 Å². The zero-order chi connectivity index (χ0) is 12.0. The van der Waals surface area contributed by atoms with Crippen LogP contribution in [0.5, 0.6) is 0 Å². The highest BCUT2D eigenvalue weighted by atomic mass is 35.5. The molecule has 0 aromatic heterocycles. The topological polar surface area (TPSA) is 40.2 Å². The van der Waals surface area contributed by atoms with Gasteiger partial charge in [0.25, 0.3) is 5.70 Å². The third kappa shape index (κ3) is 3.20. The van der Waals surface area contributed by atoms with Gasteiger partial charge in [0.1, 0.15) is 0 Å². The third-order valence-corrected chi connectivity index (χ3v) is 2.66. The molecule has 0 aliphatic rings. The van der Waals surface area contributed by atoms with E-state index in [4.69, 9.17) is 23.4 Å². The zero-order valence-corrected chi connectivity index (χ0v) is 10.1. The highest BCUT2D eigenvalue weighted by Crippen LogP contribution is 2.23. The molecule has 1 rings (SSSR count). The molecule has 1 N–H and O–H groups in total. The van der Waals surface area contributed by atoms with Crippen molar-refractivity contribution >= 4 is 29.1 Å². The van der Waals surface area contributed by atoms with E-state index in [1.165, 1.54) is 11.8 Å². The number of allylic oxidation sites excluding steroid dienone is 1. The fourth-order valence-corrected chi connectivity index (χ4v) is 1.73. The average Bonchev–Trinajstić information content (AvgIpc) is 2.29. The third-order valence-electron chi connectivity index (χ3n) is 1.72. The second-order valence-corrected chi connectivity index (χ2v) is 3.99. The summed E-state index contributed by atoms with van der Waals surface area (Å²) in [6.45, 7) is 6.87. The Labute approximate surface area is 104 Å². The number of hydrogen-bond donors (Lipinski definition) is 1. The van der Waals surface area contributed by atoms with E-state index in [2.05, 4.69) is 10.2 Å². The minimum absolute atomic E-state index is 0.0486. The maximum absolute atomic E-state index is 8.76. The van der Waals surface area contributed by atoms with E-state index in [1.807, 2.05) is 12.1 Å². The van der Waals surface area contributed by atoms with Gasteiger partial charge in [-0.2, -0.15) is 0 Å². The van der Waals surface area contributed by atoms with E-state index in [0.717, 1.165) is 5.69 Å². The fraction of sp³-hybridized carbons (Fsp3) is 0.0909. The second-order valence-electron chi connectivity index (χ2n) is 2.74. The standard InChI is InChI=1S/C11H8ClN3S/c1-14-10(7-13)11(16-2)15-9-5-3-4-8(12)6-9/h3-6,15H,2H3/b11-10+. The Morgan fingerprint density at radius 1 is 1.62 bits per heavy atom. The van der Waals surface area contributed by atoms with Gasteiger partial charge in [0, 0.05) is 10.7 Å². The van der Waals surface area contributed by atoms with Gasteiger partial charge in [-0.1, -0.05) is 17.7 Å². The van der Waals surface area contributed by atoms with Crippen LogP contribution in [0.15, 0.2) is 35.0 Å². The van der Waals surface area contributed by atoms with E-state index in [9.17, 15) is 0 Å². The minimum atomic E-state index is 0.0486. The summed E-state index contributed by atoms with van der Waals surface area (Å²) in [5.41, 5.74) is 0.806. The normalized spacial score (nSPS) is 11.0. The first-order chi connectivity index (χ1) is 7.71. The first-order valence-electron chi connectivity index (χ1n) is 4.29. The van der Waals surface area contributed by atoms with Crippen molar-refractivity contribution in [1.29, 1.82) is 5.26 Å². The summed E-state index contributed by atoms with van der Waals surface area (Å²) in [5.74, 6) is 0. The van der Waals surface area contributed by atoms with Crippen molar-refractivity contribution in [3.05, 3.63) is 51.4 Å². The number of hydrogen-bond acceptors (Lipinski definition) is 3. The van der Waals surface area contributed by atoms with E-state index < -0.39 is 0 Å². The van der Waals surface area contributed by atoms with Crippen molar-refractivity contribution in [2.45, 2.75) is 0 Å². The Hall–Kier alpha value is -1.62. The van der Waals surface area contributed by atoms with Crippen LogP contribution in [-0.2, 0) is 0 Å². The van der Waals surface area contributed by atoms with Crippen molar-refractivity contribution in [1.82, 2.24) is 0 Å². The van der Waals surface area contributed by atoms with Crippen LogP contribution in [0.3, 0.4) is 0 Å².